The summed E-state index contributed by atoms with van der Waals surface area (Å²) in [5.41, 5.74) is 1.31. The fourth-order valence-corrected chi connectivity index (χ4v) is 2.13. The van der Waals surface area contributed by atoms with Crippen LogP contribution in [0.15, 0.2) is 18.2 Å². The van der Waals surface area contributed by atoms with Gasteiger partial charge in [0.15, 0.2) is 0 Å². The molecule has 1 saturated heterocycles. The Morgan fingerprint density at radius 2 is 2.39 bits per heavy atom. The summed E-state index contributed by atoms with van der Waals surface area (Å²) < 4.78 is 12.9. The summed E-state index contributed by atoms with van der Waals surface area (Å²) in [6, 6.07) is 4.07. The third-order valence-electron chi connectivity index (χ3n) is 3.26. The summed E-state index contributed by atoms with van der Waals surface area (Å²) in [5.74, 6) is -0.142. The van der Waals surface area contributed by atoms with Gasteiger partial charge in [0.1, 0.15) is 5.82 Å². The zero-order valence-corrected chi connectivity index (χ0v) is 10.3. The van der Waals surface area contributed by atoms with E-state index in [9.17, 15) is 9.18 Å². The van der Waals surface area contributed by atoms with Crippen LogP contribution in [0.5, 0.6) is 0 Å². The van der Waals surface area contributed by atoms with Gasteiger partial charge < -0.3 is 15.3 Å². The number of aliphatic hydroxyl groups is 1. The Hall–Kier alpha value is -1.62. The molecule has 98 valence electrons. The minimum absolute atomic E-state index is 0.110. The number of nitrogens with zero attached hydrogens (tertiary/aromatic N) is 1. The third-order valence-corrected chi connectivity index (χ3v) is 3.26. The predicted molar refractivity (Wildman–Crippen MR) is 66.9 cm³/mol. The van der Waals surface area contributed by atoms with Crippen LogP contribution in [0.2, 0.25) is 0 Å². The first-order chi connectivity index (χ1) is 8.60. The number of carbonyl (C=O) groups excluding carboxylic acids is 1. The van der Waals surface area contributed by atoms with Gasteiger partial charge in [-0.1, -0.05) is 0 Å². The van der Waals surface area contributed by atoms with Crippen molar-refractivity contribution in [1.29, 1.82) is 0 Å². The lowest BCUT2D eigenvalue weighted by molar-refractivity contribution is 0.208. The lowest BCUT2D eigenvalue weighted by atomic mass is 10.1. The number of amides is 2. The molecule has 1 aliphatic rings. The Bertz CT molecular complexity index is 451. The van der Waals surface area contributed by atoms with Crippen LogP contribution < -0.4 is 5.32 Å². The maximum absolute atomic E-state index is 12.9. The summed E-state index contributed by atoms with van der Waals surface area (Å²) in [4.78, 5) is 13.6. The molecule has 1 aliphatic heterocycles. The summed E-state index contributed by atoms with van der Waals surface area (Å²) in [7, 11) is 0. The molecule has 0 spiro atoms. The number of aryl methyl sites for hydroxylation is 1. The standard InChI is InChI=1S/C13H17FN2O2/c1-9-6-11(14)2-3-12(9)15-13(18)16-5-4-10(7-16)8-17/h2-3,6,10,17H,4-5,7-8H2,1H3,(H,15,18). The second-order valence-corrected chi connectivity index (χ2v) is 4.67. The smallest absolute Gasteiger partial charge is 0.321 e. The summed E-state index contributed by atoms with van der Waals surface area (Å²) in [6.07, 6.45) is 0.826. The number of aliphatic hydroxyl groups excluding tert-OH is 1. The second-order valence-electron chi connectivity index (χ2n) is 4.67. The molecule has 0 saturated carbocycles. The maximum atomic E-state index is 12.9. The first-order valence-corrected chi connectivity index (χ1v) is 6.03. The Balaban J connectivity index is 1.99. The van der Waals surface area contributed by atoms with Gasteiger partial charge in [-0.15, -0.1) is 0 Å². The molecule has 1 heterocycles. The molecule has 0 aromatic heterocycles. The molecule has 2 amide bonds. The SMILES string of the molecule is Cc1cc(F)ccc1NC(=O)N1CCC(CO)C1. The molecule has 1 atom stereocenters. The Kier molecular flexibility index (Phi) is 3.81. The van der Waals surface area contributed by atoms with E-state index in [0.717, 1.165) is 6.42 Å². The van der Waals surface area contributed by atoms with Crippen molar-refractivity contribution in [3.05, 3.63) is 29.6 Å². The van der Waals surface area contributed by atoms with Crippen molar-refractivity contribution in [1.82, 2.24) is 4.90 Å². The number of hydrogen-bond donors (Lipinski definition) is 2. The summed E-state index contributed by atoms with van der Waals surface area (Å²) in [5, 5.41) is 11.8. The minimum atomic E-state index is -0.313. The highest BCUT2D eigenvalue weighted by molar-refractivity contribution is 5.90. The maximum Gasteiger partial charge on any atom is 0.321 e. The number of anilines is 1. The van der Waals surface area contributed by atoms with E-state index in [2.05, 4.69) is 5.32 Å². The molecule has 0 aliphatic carbocycles. The van der Waals surface area contributed by atoms with Crippen molar-refractivity contribution in [3.63, 3.8) is 0 Å². The molecule has 4 nitrogen and oxygen atoms in total. The lowest BCUT2D eigenvalue weighted by Crippen LogP contribution is -2.33. The zero-order chi connectivity index (χ0) is 13.1. The molecule has 1 aromatic carbocycles. The second kappa shape index (κ2) is 5.35. The quantitative estimate of drug-likeness (QED) is 0.845. The molecule has 1 unspecified atom stereocenters. The highest BCUT2D eigenvalue weighted by atomic mass is 19.1. The van der Waals surface area contributed by atoms with Gasteiger partial charge in [0.25, 0.3) is 0 Å². The third kappa shape index (κ3) is 2.79. The zero-order valence-electron chi connectivity index (χ0n) is 10.3. The van der Waals surface area contributed by atoms with Crippen molar-refractivity contribution >= 4 is 11.7 Å². The van der Waals surface area contributed by atoms with Crippen LogP contribution in [0.3, 0.4) is 0 Å². The van der Waals surface area contributed by atoms with Crippen molar-refractivity contribution in [3.8, 4) is 0 Å². The van der Waals surface area contributed by atoms with E-state index in [-0.39, 0.29) is 24.4 Å². The van der Waals surface area contributed by atoms with Gasteiger partial charge in [-0.3, -0.25) is 0 Å². The largest absolute Gasteiger partial charge is 0.396 e. The van der Waals surface area contributed by atoms with Crippen LogP contribution >= 0.6 is 0 Å². The van der Waals surface area contributed by atoms with Gasteiger partial charge in [-0.25, -0.2) is 9.18 Å². The molecule has 0 bridgehead atoms. The van der Waals surface area contributed by atoms with Crippen LogP contribution in [-0.2, 0) is 0 Å². The highest BCUT2D eigenvalue weighted by Gasteiger charge is 2.25. The van der Waals surface area contributed by atoms with Crippen LogP contribution in [0.25, 0.3) is 0 Å². The van der Waals surface area contributed by atoms with Crippen LogP contribution in [0, 0.1) is 18.7 Å². The molecule has 1 aromatic rings. The highest BCUT2D eigenvalue weighted by Crippen LogP contribution is 2.19. The van der Waals surface area contributed by atoms with Gasteiger partial charge in [-0.2, -0.15) is 0 Å². The van der Waals surface area contributed by atoms with E-state index in [1.165, 1.54) is 12.1 Å². The van der Waals surface area contributed by atoms with Crippen LogP contribution in [0.4, 0.5) is 14.9 Å². The minimum Gasteiger partial charge on any atom is -0.396 e. The number of hydrogen-bond acceptors (Lipinski definition) is 2. The Labute approximate surface area is 105 Å². The van der Waals surface area contributed by atoms with Gasteiger partial charge in [0.05, 0.1) is 0 Å². The van der Waals surface area contributed by atoms with Gasteiger partial charge in [0.2, 0.25) is 0 Å². The van der Waals surface area contributed by atoms with Gasteiger partial charge in [0, 0.05) is 31.3 Å². The van der Waals surface area contributed by atoms with Crippen molar-refractivity contribution in [2.45, 2.75) is 13.3 Å². The van der Waals surface area contributed by atoms with E-state index in [4.69, 9.17) is 5.11 Å². The fourth-order valence-electron chi connectivity index (χ4n) is 2.13. The molecular formula is C13H17FN2O2. The Morgan fingerprint density at radius 3 is 3.00 bits per heavy atom. The van der Waals surface area contributed by atoms with Crippen molar-refractivity contribution < 1.29 is 14.3 Å². The van der Waals surface area contributed by atoms with E-state index >= 15 is 0 Å². The van der Waals surface area contributed by atoms with E-state index < -0.39 is 0 Å². The van der Waals surface area contributed by atoms with Crippen LogP contribution in [0.1, 0.15) is 12.0 Å². The Morgan fingerprint density at radius 1 is 1.61 bits per heavy atom. The number of halogens is 1. The van der Waals surface area contributed by atoms with Gasteiger partial charge >= 0.3 is 6.03 Å². The number of benzene rings is 1. The van der Waals surface area contributed by atoms with E-state index in [0.29, 0.717) is 24.3 Å². The average Bonchev–Trinajstić information content (AvgIpc) is 2.81. The molecule has 1 fully saturated rings. The molecule has 18 heavy (non-hydrogen) atoms. The number of rotatable bonds is 2. The number of nitrogens with one attached hydrogen (secondary N) is 1. The molecule has 2 N–H and O–H groups in total. The molecular weight excluding hydrogens is 235 g/mol. The topological polar surface area (TPSA) is 52.6 Å². The van der Waals surface area contributed by atoms with Crippen molar-refractivity contribution in [2.24, 2.45) is 5.92 Å². The van der Waals surface area contributed by atoms with Crippen LogP contribution in [-0.4, -0.2) is 35.7 Å². The molecule has 2 rings (SSSR count). The number of carbonyl (C=O) groups is 1. The van der Waals surface area contributed by atoms with Crippen molar-refractivity contribution in [2.75, 3.05) is 25.0 Å². The fraction of sp³-hybridized carbons (Fsp3) is 0.462. The monoisotopic (exact) mass is 252 g/mol. The summed E-state index contributed by atoms with van der Waals surface area (Å²) >= 11 is 0. The number of urea groups is 1. The number of likely N-dealkylation sites (tertiary alicyclic amines) is 1. The van der Waals surface area contributed by atoms with E-state index in [1.807, 2.05) is 0 Å². The molecule has 5 heteroatoms. The first kappa shape index (κ1) is 12.8. The normalized spacial score (nSPS) is 19.1. The lowest BCUT2D eigenvalue weighted by Gasteiger charge is -2.18. The molecule has 0 radical (unpaired) electrons. The average molecular weight is 252 g/mol. The van der Waals surface area contributed by atoms with Gasteiger partial charge in [-0.05, 0) is 37.1 Å². The first-order valence-electron chi connectivity index (χ1n) is 6.03. The van der Waals surface area contributed by atoms with E-state index in [1.54, 1.807) is 17.9 Å². The predicted octanol–water partition coefficient (Wildman–Crippen LogP) is 1.98. The summed E-state index contributed by atoms with van der Waals surface area (Å²) in [6.45, 7) is 3.08.